The van der Waals surface area contributed by atoms with Gasteiger partial charge >= 0.3 is 0 Å². The first-order valence-corrected chi connectivity index (χ1v) is 7.32. The lowest BCUT2D eigenvalue weighted by molar-refractivity contribution is -0.115. The van der Waals surface area contributed by atoms with E-state index in [4.69, 9.17) is 0 Å². The van der Waals surface area contributed by atoms with Crippen molar-refractivity contribution in [2.45, 2.75) is 6.42 Å². The smallest absolute Gasteiger partial charge is 0.243 e. The second kappa shape index (κ2) is 11.3. The average molecular weight is 440 g/mol. The Morgan fingerprint density at radius 2 is 2.04 bits per heavy atom. The number of aliphatic imine (C=N–C) groups is 1. The Bertz CT molecular complexity index is 636. The Balaban J connectivity index is 0.00000288. The van der Waals surface area contributed by atoms with E-state index in [1.807, 2.05) is 18.2 Å². The van der Waals surface area contributed by atoms with Crippen molar-refractivity contribution in [3.05, 3.63) is 54.6 Å². The second-order valence-electron chi connectivity index (χ2n) is 4.71. The highest BCUT2D eigenvalue weighted by molar-refractivity contribution is 14.0. The molecule has 0 aliphatic heterocycles. The highest BCUT2D eigenvalue weighted by Gasteiger charge is 2.04. The summed E-state index contributed by atoms with van der Waals surface area (Å²) in [5, 5.41) is 8.85. The summed E-state index contributed by atoms with van der Waals surface area (Å²) in [5.74, 6) is 0.410. The van der Waals surface area contributed by atoms with Gasteiger partial charge in [0.1, 0.15) is 0 Å². The quantitative estimate of drug-likeness (QED) is 0.359. The summed E-state index contributed by atoms with van der Waals surface area (Å²) in [6.07, 6.45) is 5.80. The van der Waals surface area contributed by atoms with Crippen LogP contribution in [0, 0.1) is 0 Å². The number of nitrogens with zero attached hydrogens (tertiary/aromatic N) is 3. The zero-order valence-electron chi connectivity index (χ0n) is 13.4. The van der Waals surface area contributed by atoms with Crippen LogP contribution in [0.15, 0.2) is 53.9 Å². The van der Waals surface area contributed by atoms with Crippen LogP contribution in [0.25, 0.3) is 0 Å². The van der Waals surface area contributed by atoms with Gasteiger partial charge in [-0.2, -0.15) is 0 Å². The molecule has 0 aromatic carbocycles. The van der Waals surface area contributed by atoms with Crippen LogP contribution in [-0.4, -0.2) is 42.0 Å². The molecule has 24 heavy (non-hydrogen) atoms. The van der Waals surface area contributed by atoms with E-state index in [1.54, 1.807) is 37.8 Å². The Morgan fingerprint density at radius 3 is 2.71 bits per heavy atom. The fraction of sp³-hybridized carbons (Fsp3) is 0.250. The van der Waals surface area contributed by atoms with Crippen molar-refractivity contribution < 1.29 is 4.79 Å². The predicted molar refractivity (Wildman–Crippen MR) is 106 cm³/mol. The molecular formula is C16H21IN6O. The Labute approximate surface area is 158 Å². The van der Waals surface area contributed by atoms with Crippen molar-refractivity contribution in [3.8, 4) is 0 Å². The van der Waals surface area contributed by atoms with Crippen molar-refractivity contribution in [3.63, 3.8) is 0 Å². The Hall–Kier alpha value is -2.23. The van der Waals surface area contributed by atoms with Crippen LogP contribution in [-0.2, 0) is 11.2 Å². The third kappa shape index (κ3) is 7.36. The standard InChI is InChI=1S/C16H20N6O.HI/c1-17-16(20-10-7-13-5-2-3-9-19-13)21-12-15(23)22-14-6-4-8-18-11-14;/h2-6,8-9,11H,7,10,12H2,1H3,(H,22,23)(H2,17,20,21);1H. The van der Waals surface area contributed by atoms with Crippen molar-refractivity contribution in [1.82, 2.24) is 20.6 Å². The van der Waals surface area contributed by atoms with Gasteiger partial charge in [-0.3, -0.25) is 19.8 Å². The van der Waals surface area contributed by atoms with Gasteiger partial charge in [0.25, 0.3) is 0 Å². The molecule has 128 valence electrons. The molecule has 0 spiro atoms. The van der Waals surface area contributed by atoms with E-state index in [9.17, 15) is 4.79 Å². The topological polar surface area (TPSA) is 91.3 Å². The van der Waals surface area contributed by atoms with Gasteiger partial charge in [0.15, 0.2) is 5.96 Å². The average Bonchev–Trinajstić information content (AvgIpc) is 2.59. The fourth-order valence-electron chi connectivity index (χ4n) is 1.88. The van der Waals surface area contributed by atoms with Gasteiger partial charge in [0.05, 0.1) is 18.4 Å². The first-order chi connectivity index (χ1) is 11.3. The summed E-state index contributed by atoms with van der Waals surface area (Å²) in [6, 6.07) is 9.36. The summed E-state index contributed by atoms with van der Waals surface area (Å²) >= 11 is 0. The molecule has 0 saturated heterocycles. The first kappa shape index (κ1) is 19.8. The van der Waals surface area contributed by atoms with E-state index in [2.05, 4.69) is 30.9 Å². The number of halogens is 1. The third-order valence-corrected chi connectivity index (χ3v) is 2.99. The van der Waals surface area contributed by atoms with Crippen molar-refractivity contribution >= 4 is 41.5 Å². The lowest BCUT2D eigenvalue weighted by atomic mass is 10.3. The van der Waals surface area contributed by atoms with E-state index >= 15 is 0 Å². The van der Waals surface area contributed by atoms with E-state index < -0.39 is 0 Å². The summed E-state index contributed by atoms with van der Waals surface area (Å²) in [6.45, 7) is 0.805. The van der Waals surface area contributed by atoms with Gasteiger partial charge in [-0.25, -0.2) is 0 Å². The number of aromatic nitrogens is 2. The molecule has 8 heteroatoms. The predicted octanol–water partition coefficient (Wildman–Crippen LogP) is 1.44. The van der Waals surface area contributed by atoms with Crippen LogP contribution in [0.2, 0.25) is 0 Å². The Kier molecular flexibility index (Phi) is 9.35. The zero-order valence-corrected chi connectivity index (χ0v) is 15.7. The van der Waals surface area contributed by atoms with E-state index in [1.165, 1.54) is 0 Å². The molecule has 2 aromatic rings. The molecule has 2 heterocycles. The van der Waals surface area contributed by atoms with E-state index in [-0.39, 0.29) is 36.4 Å². The molecule has 3 N–H and O–H groups in total. The van der Waals surface area contributed by atoms with Gasteiger partial charge in [-0.05, 0) is 24.3 Å². The number of rotatable bonds is 6. The summed E-state index contributed by atoms with van der Waals surface area (Å²) in [5.41, 5.74) is 1.67. The number of amides is 1. The number of hydrogen-bond acceptors (Lipinski definition) is 4. The third-order valence-electron chi connectivity index (χ3n) is 2.99. The fourth-order valence-corrected chi connectivity index (χ4v) is 1.88. The molecule has 0 unspecified atom stereocenters. The summed E-state index contributed by atoms with van der Waals surface area (Å²) in [7, 11) is 1.66. The van der Waals surface area contributed by atoms with Gasteiger partial charge in [-0.15, -0.1) is 24.0 Å². The molecule has 7 nitrogen and oxygen atoms in total. The van der Waals surface area contributed by atoms with Gasteiger partial charge in [0, 0.05) is 38.1 Å². The van der Waals surface area contributed by atoms with Crippen LogP contribution < -0.4 is 16.0 Å². The van der Waals surface area contributed by atoms with Gasteiger partial charge in [-0.1, -0.05) is 6.07 Å². The molecule has 0 atom stereocenters. The normalized spacial score (nSPS) is 10.5. The number of nitrogens with one attached hydrogen (secondary N) is 3. The van der Waals surface area contributed by atoms with Gasteiger partial charge < -0.3 is 16.0 Å². The molecule has 2 aromatic heterocycles. The van der Waals surface area contributed by atoms with Crippen molar-refractivity contribution in [2.24, 2.45) is 4.99 Å². The number of carbonyl (C=O) groups excluding carboxylic acids is 1. The highest BCUT2D eigenvalue weighted by Crippen LogP contribution is 2.01. The van der Waals surface area contributed by atoms with Crippen molar-refractivity contribution in [2.75, 3.05) is 25.5 Å². The molecular weight excluding hydrogens is 419 g/mol. The number of guanidine groups is 1. The monoisotopic (exact) mass is 440 g/mol. The molecule has 0 radical (unpaired) electrons. The minimum Gasteiger partial charge on any atom is -0.356 e. The zero-order chi connectivity index (χ0) is 16.3. The second-order valence-corrected chi connectivity index (χ2v) is 4.71. The summed E-state index contributed by atoms with van der Waals surface area (Å²) in [4.78, 5) is 24.1. The minimum atomic E-state index is -0.161. The maximum atomic E-state index is 11.8. The lowest BCUT2D eigenvalue weighted by Gasteiger charge is -2.11. The van der Waals surface area contributed by atoms with Crippen LogP contribution in [0.3, 0.4) is 0 Å². The number of anilines is 1. The first-order valence-electron chi connectivity index (χ1n) is 7.32. The Morgan fingerprint density at radius 1 is 1.17 bits per heavy atom. The molecule has 0 aliphatic carbocycles. The van der Waals surface area contributed by atoms with Crippen molar-refractivity contribution in [1.29, 1.82) is 0 Å². The van der Waals surface area contributed by atoms with Crippen LogP contribution in [0.1, 0.15) is 5.69 Å². The summed E-state index contributed by atoms with van der Waals surface area (Å²) < 4.78 is 0. The highest BCUT2D eigenvalue weighted by atomic mass is 127. The van der Waals surface area contributed by atoms with Gasteiger partial charge in [0.2, 0.25) is 5.91 Å². The number of hydrogen-bond donors (Lipinski definition) is 3. The number of pyridine rings is 2. The number of carbonyl (C=O) groups is 1. The minimum absolute atomic E-state index is 0. The maximum Gasteiger partial charge on any atom is 0.243 e. The molecule has 0 aliphatic rings. The lowest BCUT2D eigenvalue weighted by Crippen LogP contribution is -2.42. The molecule has 0 fully saturated rings. The van der Waals surface area contributed by atoms with Crippen LogP contribution in [0.5, 0.6) is 0 Å². The molecule has 0 saturated carbocycles. The maximum absolute atomic E-state index is 11.8. The van der Waals surface area contributed by atoms with E-state index in [0.717, 1.165) is 12.1 Å². The molecule has 1 amide bonds. The van der Waals surface area contributed by atoms with E-state index in [0.29, 0.717) is 18.2 Å². The largest absolute Gasteiger partial charge is 0.356 e. The molecule has 0 bridgehead atoms. The van der Waals surface area contributed by atoms with Crippen LogP contribution in [0.4, 0.5) is 5.69 Å². The van der Waals surface area contributed by atoms with Crippen LogP contribution >= 0.6 is 24.0 Å². The molecule has 2 rings (SSSR count). The SMILES string of the molecule is CN=C(NCCc1ccccn1)NCC(=O)Nc1cccnc1.I.